The van der Waals surface area contributed by atoms with Gasteiger partial charge in [-0.1, -0.05) is 78.6 Å². The Morgan fingerprint density at radius 3 is 0.312 bits per heavy atom. The van der Waals surface area contributed by atoms with Crippen molar-refractivity contribution in [3.8, 4) is 0 Å². The summed E-state index contributed by atoms with van der Waals surface area (Å²) in [6, 6.07) is 0. The summed E-state index contributed by atoms with van der Waals surface area (Å²) in [5.74, 6) is 0. The van der Waals surface area contributed by atoms with Gasteiger partial charge in [-0.2, -0.15) is 0 Å². The molecule has 0 aliphatic carbocycles. The van der Waals surface area contributed by atoms with E-state index in [9.17, 15) is 0 Å². The Kier molecular flexibility index (Phi) is 17.1. The van der Waals surface area contributed by atoms with E-state index >= 15 is 0 Å². The summed E-state index contributed by atoms with van der Waals surface area (Å²) in [6.45, 7) is 27.9. The normalized spacial score (nSPS) is 11.2. The standard InChI is InChI=1S/3C4H12Si.In/c3*1-5(2,3)4;/h3*1-4H3;. The van der Waals surface area contributed by atoms with Gasteiger partial charge in [-0.05, 0) is 0 Å². The molecule has 0 fully saturated rings. The number of hydrogen-bond donors (Lipinski definition) is 0. The molecule has 0 nitrogen and oxygen atoms in total. The van der Waals surface area contributed by atoms with Gasteiger partial charge in [0.15, 0.2) is 0 Å². The van der Waals surface area contributed by atoms with E-state index in [4.69, 9.17) is 0 Å². The van der Waals surface area contributed by atoms with Crippen molar-refractivity contribution in [2.24, 2.45) is 0 Å². The number of rotatable bonds is 0. The van der Waals surface area contributed by atoms with Crippen molar-refractivity contribution >= 4 is 50.1 Å². The van der Waals surface area contributed by atoms with Crippen LogP contribution in [0, 0.1) is 0 Å². The van der Waals surface area contributed by atoms with Crippen molar-refractivity contribution in [2.45, 2.75) is 78.6 Å². The van der Waals surface area contributed by atoms with Crippen LogP contribution in [0.3, 0.4) is 0 Å². The molecule has 0 heterocycles. The van der Waals surface area contributed by atoms with Crippen molar-refractivity contribution in [2.75, 3.05) is 0 Å². The Balaban J connectivity index is -0.0000000655. The monoisotopic (exact) mass is 379 g/mol. The van der Waals surface area contributed by atoms with E-state index in [-0.39, 0.29) is 25.8 Å². The van der Waals surface area contributed by atoms with E-state index in [1.807, 2.05) is 0 Å². The molecule has 0 N–H and O–H groups in total. The van der Waals surface area contributed by atoms with Crippen LogP contribution in [0.25, 0.3) is 0 Å². The molecule has 0 aliphatic rings. The molecular weight excluding hydrogens is 343 g/mol. The second-order valence-corrected chi connectivity index (χ2v) is 27.0. The maximum atomic E-state index is 2.33. The maximum absolute atomic E-state index is 2.33. The minimum absolute atomic E-state index is 0. The summed E-state index contributed by atoms with van der Waals surface area (Å²) in [5.41, 5.74) is 0. The SMILES string of the molecule is C[Si](C)(C)C.C[Si](C)(C)C.C[Si](C)(C)C.[In]. The van der Waals surface area contributed by atoms with Crippen LogP contribution >= 0.6 is 0 Å². The molecule has 4 heteroatoms. The molecule has 0 saturated heterocycles. The van der Waals surface area contributed by atoms with Crippen molar-refractivity contribution in [1.82, 2.24) is 0 Å². The van der Waals surface area contributed by atoms with Crippen molar-refractivity contribution in [1.29, 1.82) is 0 Å². The fourth-order valence-corrected chi connectivity index (χ4v) is 0. The van der Waals surface area contributed by atoms with Gasteiger partial charge in [-0.25, -0.2) is 0 Å². The van der Waals surface area contributed by atoms with E-state index in [0.717, 1.165) is 0 Å². The molecule has 16 heavy (non-hydrogen) atoms. The largest absolute Gasteiger partial charge is 0.0697 e. The van der Waals surface area contributed by atoms with Crippen molar-refractivity contribution < 1.29 is 0 Å². The Morgan fingerprint density at radius 1 is 0.312 bits per heavy atom. The smallest absolute Gasteiger partial charge is 0.0411 e. The van der Waals surface area contributed by atoms with Gasteiger partial charge in [0.25, 0.3) is 0 Å². The van der Waals surface area contributed by atoms with E-state index in [0.29, 0.717) is 0 Å². The summed E-state index contributed by atoms with van der Waals surface area (Å²) in [6.07, 6.45) is 0. The second-order valence-electron chi connectivity index (χ2n) is 9.00. The van der Waals surface area contributed by atoms with Crippen LogP contribution in [-0.2, 0) is 0 Å². The van der Waals surface area contributed by atoms with Gasteiger partial charge < -0.3 is 0 Å². The van der Waals surface area contributed by atoms with Crippen LogP contribution in [-0.4, -0.2) is 50.1 Å². The summed E-state index contributed by atoms with van der Waals surface area (Å²) < 4.78 is 0. The topological polar surface area (TPSA) is 0 Å². The van der Waals surface area contributed by atoms with Crippen LogP contribution in [0.1, 0.15) is 0 Å². The average molecular weight is 379 g/mol. The first-order chi connectivity index (χ1) is 6.00. The van der Waals surface area contributed by atoms with Crippen molar-refractivity contribution in [3.63, 3.8) is 0 Å². The third kappa shape index (κ3) is 1420. The fourth-order valence-electron chi connectivity index (χ4n) is 0. The first-order valence-electron chi connectivity index (χ1n) is 6.00. The summed E-state index contributed by atoms with van der Waals surface area (Å²) in [4.78, 5) is 0. The Morgan fingerprint density at radius 2 is 0.312 bits per heavy atom. The first-order valence-corrected chi connectivity index (χ1v) is 18.0. The molecule has 0 aromatic heterocycles. The van der Waals surface area contributed by atoms with Crippen LogP contribution in [0.4, 0.5) is 0 Å². The molecule has 0 aromatic carbocycles. The molecule has 0 spiro atoms. The van der Waals surface area contributed by atoms with Gasteiger partial charge in [0, 0.05) is 50.1 Å². The second kappa shape index (κ2) is 10.4. The molecule has 0 rings (SSSR count). The van der Waals surface area contributed by atoms with Crippen LogP contribution in [0.2, 0.25) is 78.6 Å². The summed E-state index contributed by atoms with van der Waals surface area (Å²) >= 11 is 0. The Hall–Kier alpha value is 1.52. The molecule has 0 atom stereocenters. The van der Waals surface area contributed by atoms with E-state index in [1.54, 1.807) is 0 Å². The van der Waals surface area contributed by atoms with Crippen LogP contribution in [0.15, 0.2) is 0 Å². The Labute approximate surface area is 128 Å². The molecule has 0 aromatic rings. The maximum Gasteiger partial charge on any atom is 0.0411 e. The molecule has 99 valence electrons. The zero-order valence-electron chi connectivity index (χ0n) is 14.1. The van der Waals surface area contributed by atoms with Crippen molar-refractivity contribution in [3.05, 3.63) is 0 Å². The summed E-state index contributed by atoms with van der Waals surface area (Å²) in [5, 5.41) is 0. The fraction of sp³-hybridized carbons (Fsp3) is 1.00. The third-order valence-corrected chi connectivity index (χ3v) is 0. The summed E-state index contributed by atoms with van der Waals surface area (Å²) in [7, 11) is -1.83. The molecule has 0 amide bonds. The van der Waals surface area contributed by atoms with E-state index in [2.05, 4.69) is 78.6 Å². The van der Waals surface area contributed by atoms with Gasteiger partial charge in [0.1, 0.15) is 0 Å². The average Bonchev–Trinajstić information content (AvgIpc) is 1.41. The number of hydrogen-bond acceptors (Lipinski definition) is 0. The molecule has 0 unspecified atom stereocenters. The molecule has 0 saturated carbocycles. The first kappa shape index (κ1) is 26.2. The molecule has 0 bridgehead atoms. The van der Waals surface area contributed by atoms with Gasteiger partial charge >= 0.3 is 0 Å². The van der Waals surface area contributed by atoms with Gasteiger partial charge in [-0.15, -0.1) is 0 Å². The van der Waals surface area contributed by atoms with Crippen LogP contribution < -0.4 is 0 Å². The van der Waals surface area contributed by atoms with E-state index in [1.165, 1.54) is 0 Å². The molecular formula is C12H36InSi3. The Bertz CT molecular complexity index is 91.3. The van der Waals surface area contributed by atoms with Gasteiger partial charge in [-0.3, -0.25) is 0 Å². The molecule has 0 aliphatic heterocycles. The molecule has 3 radical (unpaired) electrons. The van der Waals surface area contributed by atoms with E-state index < -0.39 is 24.2 Å². The van der Waals surface area contributed by atoms with Gasteiger partial charge in [0.2, 0.25) is 0 Å². The zero-order valence-corrected chi connectivity index (χ0v) is 20.4. The van der Waals surface area contributed by atoms with Gasteiger partial charge in [0.05, 0.1) is 0 Å². The van der Waals surface area contributed by atoms with Crippen LogP contribution in [0.5, 0.6) is 0 Å². The quantitative estimate of drug-likeness (QED) is 0.489. The minimum atomic E-state index is -0.611. The predicted octanol–water partition coefficient (Wildman–Crippen LogP) is 5.48. The zero-order chi connectivity index (χ0) is 13.5. The predicted molar refractivity (Wildman–Crippen MR) is 93.4 cm³/mol. The third-order valence-electron chi connectivity index (χ3n) is 0. The minimum Gasteiger partial charge on any atom is -0.0697 e.